The van der Waals surface area contributed by atoms with Crippen molar-refractivity contribution in [3.05, 3.63) is 17.0 Å². The number of aryl methyl sites for hydroxylation is 2. The Labute approximate surface area is 171 Å². The maximum atomic E-state index is 11.7. The summed E-state index contributed by atoms with van der Waals surface area (Å²) >= 11 is 0. The maximum Gasteiger partial charge on any atom is 0.409 e. The molecule has 1 amide bonds. The van der Waals surface area contributed by atoms with E-state index in [0.29, 0.717) is 32.2 Å². The number of aliphatic imine (C=N–C) groups is 1. The van der Waals surface area contributed by atoms with Gasteiger partial charge in [-0.2, -0.15) is 0 Å². The number of amides is 1. The fraction of sp³-hybridized carbons (Fsp3) is 0.706. The summed E-state index contributed by atoms with van der Waals surface area (Å²) in [7, 11) is 0. The predicted octanol–water partition coefficient (Wildman–Crippen LogP) is 2.37. The molecule has 0 aromatic carbocycles. The van der Waals surface area contributed by atoms with Crippen LogP contribution >= 0.6 is 24.0 Å². The molecule has 0 unspecified atom stereocenters. The number of nitrogens with zero attached hydrogens (tertiary/aromatic N) is 3. The molecule has 0 radical (unpaired) electrons. The lowest BCUT2D eigenvalue weighted by Crippen LogP contribution is -2.48. The molecule has 0 bridgehead atoms. The van der Waals surface area contributed by atoms with Gasteiger partial charge in [0, 0.05) is 31.2 Å². The van der Waals surface area contributed by atoms with Crippen LogP contribution in [0.1, 0.15) is 43.2 Å². The van der Waals surface area contributed by atoms with E-state index in [1.54, 1.807) is 4.90 Å². The molecule has 1 saturated heterocycles. The van der Waals surface area contributed by atoms with Crippen LogP contribution in [0.2, 0.25) is 0 Å². The van der Waals surface area contributed by atoms with Crippen molar-refractivity contribution in [1.82, 2.24) is 15.4 Å². The molecule has 2 heterocycles. The highest BCUT2D eigenvalue weighted by Crippen LogP contribution is 2.14. The predicted molar refractivity (Wildman–Crippen MR) is 111 cm³/mol. The number of guanidine groups is 1. The Bertz CT molecular complexity index is 578. The first-order chi connectivity index (χ1) is 12.0. The molecule has 0 saturated carbocycles. The summed E-state index contributed by atoms with van der Waals surface area (Å²) in [6.07, 6.45) is 3.23. The lowest BCUT2D eigenvalue weighted by molar-refractivity contribution is 0.0963. The number of halogens is 1. The number of hydrogen-bond donors (Lipinski definition) is 2. The number of likely N-dealkylation sites (tertiary alicyclic amines) is 1. The minimum Gasteiger partial charge on any atom is -0.450 e. The summed E-state index contributed by atoms with van der Waals surface area (Å²) in [5.74, 6) is 1.34. The Balaban J connectivity index is 0.00000338. The van der Waals surface area contributed by atoms with Crippen molar-refractivity contribution in [3.63, 3.8) is 0 Å². The summed E-state index contributed by atoms with van der Waals surface area (Å²) in [6, 6.07) is 0.247. The van der Waals surface area contributed by atoms with Gasteiger partial charge in [-0.05, 0) is 46.5 Å². The van der Waals surface area contributed by atoms with Crippen molar-refractivity contribution in [2.45, 2.75) is 52.5 Å². The summed E-state index contributed by atoms with van der Waals surface area (Å²) in [5, 5.41) is 7.20. The van der Waals surface area contributed by atoms with Crippen LogP contribution in [0, 0.1) is 13.8 Å². The molecule has 1 aromatic rings. The number of piperidine rings is 1. The molecule has 2 rings (SSSR count). The Morgan fingerprint density at radius 3 is 2.69 bits per heavy atom. The van der Waals surface area contributed by atoms with Crippen LogP contribution in [0.15, 0.2) is 9.52 Å². The fourth-order valence-electron chi connectivity index (χ4n) is 2.99. The fourth-order valence-corrected chi connectivity index (χ4v) is 2.99. The zero-order valence-corrected chi connectivity index (χ0v) is 18.1. The zero-order chi connectivity index (χ0) is 18.2. The van der Waals surface area contributed by atoms with Crippen molar-refractivity contribution in [2.24, 2.45) is 10.7 Å². The molecule has 148 valence electrons. The summed E-state index contributed by atoms with van der Waals surface area (Å²) in [5.41, 5.74) is 8.07. The molecule has 0 spiro atoms. The number of hydrogen-bond acceptors (Lipinski definition) is 5. The van der Waals surface area contributed by atoms with Gasteiger partial charge in [-0.15, -0.1) is 24.0 Å². The molecule has 3 N–H and O–H groups in total. The lowest BCUT2D eigenvalue weighted by atomic mass is 10.1. The highest BCUT2D eigenvalue weighted by molar-refractivity contribution is 14.0. The first-order valence-corrected chi connectivity index (χ1v) is 8.91. The normalized spacial score (nSPS) is 15.5. The van der Waals surface area contributed by atoms with Crippen molar-refractivity contribution in [1.29, 1.82) is 0 Å². The van der Waals surface area contributed by atoms with E-state index in [0.717, 1.165) is 42.7 Å². The van der Waals surface area contributed by atoms with E-state index >= 15 is 0 Å². The van der Waals surface area contributed by atoms with Gasteiger partial charge in [0.05, 0.1) is 12.3 Å². The number of ether oxygens (including phenoxy) is 1. The smallest absolute Gasteiger partial charge is 0.409 e. The second-order valence-electron chi connectivity index (χ2n) is 6.28. The molecule has 8 nitrogen and oxygen atoms in total. The second kappa shape index (κ2) is 11.2. The highest BCUT2D eigenvalue weighted by Gasteiger charge is 2.23. The number of aromatic nitrogens is 1. The van der Waals surface area contributed by atoms with E-state index in [2.05, 4.69) is 15.5 Å². The standard InChI is InChI=1S/C17H29N5O3.HI/c1-4-24-17(23)22-10-7-14(8-11-22)20-16(18)19-9-5-6-15-12(2)21-25-13(15)3;/h14H,4-11H2,1-3H3,(H3,18,19,20);1H. The minimum atomic E-state index is -0.234. The van der Waals surface area contributed by atoms with E-state index in [9.17, 15) is 4.79 Å². The maximum absolute atomic E-state index is 11.7. The average molecular weight is 479 g/mol. The third-order valence-electron chi connectivity index (χ3n) is 4.42. The Morgan fingerprint density at radius 1 is 1.42 bits per heavy atom. The van der Waals surface area contributed by atoms with Crippen LogP contribution in [0.25, 0.3) is 0 Å². The van der Waals surface area contributed by atoms with Crippen LogP contribution < -0.4 is 11.1 Å². The Kier molecular flexibility index (Phi) is 9.74. The molecular formula is C17H30IN5O3. The van der Waals surface area contributed by atoms with Gasteiger partial charge in [0.1, 0.15) is 5.76 Å². The third-order valence-corrected chi connectivity index (χ3v) is 4.42. The Morgan fingerprint density at radius 2 is 2.12 bits per heavy atom. The van der Waals surface area contributed by atoms with Gasteiger partial charge < -0.3 is 25.2 Å². The topological polar surface area (TPSA) is 106 Å². The first kappa shape index (κ1) is 22.5. The van der Waals surface area contributed by atoms with E-state index in [1.807, 2.05) is 20.8 Å². The molecule has 1 aliphatic heterocycles. The first-order valence-electron chi connectivity index (χ1n) is 8.91. The van der Waals surface area contributed by atoms with Gasteiger partial charge in [0.2, 0.25) is 0 Å². The van der Waals surface area contributed by atoms with Crippen LogP contribution in [0.4, 0.5) is 4.79 Å². The van der Waals surface area contributed by atoms with Crippen LogP contribution in [0.3, 0.4) is 0 Å². The number of carbonyl (C=O) groups is 1. The molecule has 0 atom stereocenters. The van der Waals surface area contributed by atoms with Gasteiger partial charge >= 0.3 is 6.09 Å². The van der Waals surface area contributed by atoms with E-state index < -0.39 is 0 Å². The molecule has 1 aliphatic rings. The SMILES string of the molecule is CCOC(=O)N1CCC(NC(N)=NCCCc2c(C)noc2C)CC1.I. The number of nitrogens with one attached hydrogen (secondary N) is 1. The zero-order valence-electron chi connectivity index (χ0n) is 15.8. The van der Waals surface area contributed by atoms with E-state index in [4.69, 9.17) is 15.0 Å². The van der Waals surface area contributed by atoms with Gasteiger partial charge in [0.15, 0.2) is 5.96 Å². The Hall–Kier alpha value is -1.52. The van der Waals surface area contributed by atoms with Gasteiger partial charge in [-0.25, -0.2) is 4.79 Å². The third kappa shape index (κ3) is 6.65. The summed E-state index contributed by atoms with van der Waals surface area (Å²) in [6.45, 7) is 8.11. The number of carbonyl (C=O) groups excluding carboxylic acids is 1. The second-order valence-corrected chi connectivity index (χ2v) is 6.28. The van der Waals surface area contributed by atoms with Crippen LogP contribution in [0.5, 0.6) is 0 Å². The minimum absolute atomic E-state index is 0. The van der Waals surface area contributed by atoms with Crippen molar-refractivity contribution in [3.8, 4) is 0 Å². The highest BCUT2D eigenvalue weighted by atomic mass is 127. The lowest BCUT2D eigenvalue weighted by Gasteiger charge is -2.31. The van der Waals surface area contributed by atoms with Crippen molar-refractivity contribution in [2.75, 3.05) is 26.2 Å². The number of rotatable bonds is 6. The molecule has 1 fully saturated rings. The molecular weight excluding hydrogens is 449 g/mol. The number of nitrogens with two attached hydrogens (primary N) is 1. The monoisotopic (exact) mass is 479 g/mol. The summed E-state index contributed by atoms with van der Waals surface area (Å²) < 4.78 is 10.2. The van der Waals surface area contributed by atoms with Crippen molar-refractivity contribution >= 4 is 36.0 Å². The van der Waals surface area contributed by atoms with Crippen LogP contribution in [-0.2, 0) is 11.2 Å². The van der Waals surface area contributed by atoms with E-state index in [1.165, 1.54) is 0 Å². The van der Waals surface area contributed by atoms with Gasteiger partial charge in [-0.3, -0.25) is 4.99 Å². The van der Waals surface area contributed by atoms with Gasteiger partial charge in [0.25, 0.3) is 0 Å². The molecule has 9 heteroatoms. The average Bonchev–Trinajstić information content (AvgIpc) is 2.91. The summed E-state index contributed by atoms with van der Waals surface area (Å²) in [4.78, 5) is 17.8. The molecule has 26 heavy (non-hydrogen) atoms. The van der Waals surface area contributed by atoms with Crippen LogP contribution in [-0.4, -0.2) is 54.4 Å². The van der Waals surface area contributed by atoms with Gasteiger partial charge in [-0.1, -0.05) is 5.16 Å². The molecule has 0 aliphatic carbocycles. The molecule has 1 aromatic heterocycles. The van der Waals surface area contributed by atoms with E-state index in [-0.39, 0.29) is 36.1 Å². The quantitative estimate of drug-likeness (QED) is 0.281. The largest absolute Gasteiger partial charge is 0.450 e. The van der Waals surface area contributed by atoms with Crippen molar-refractivity contribution < 1.29 is 14.1 Å².